The van der Waals surface area contributed by atoms with Crippen LogP contribution in [-0.2, 0) is 13.6 Å². The molecule has 0 amide bonds. The molecule has 6 nitrogen and oxygen atoms in total. The van der Waals surface area contributed by atoms with E-state index in [1.807, 2.05) is 7.05 Å². The summed E-state index contributed by atoms with van der Waals surface area (Å²) in [6.07, 6.45) is 5.55. The first-order valence-electron chi connectivity index (χ1n) is 7.30. The van der Waals surface area contributed by atoms with E-state index in [2.05, 4.69) is 26.9 Å². The van der Waals surface area contributed by atoms with Gasteiger partial charge in [0.1, 0.15) is 11.6 Å². The number of likely N-dealkylation sites (tertiary alicyclic amines) is 1. The van der Waals surface area contributed by atoms with Crippen LogP contribution in [0.1, 0.15) is 32.0 Å². The predicted octanol–water partition coefficient (Wildman–Crippen LogP) is 1.57. The molecule has 0 saturated carbocycles. The fraction of sp³-hybridized carbons (Fsp3) is 0.643. The largest absolute Gasteiger partial charge is 0.383 e. The molecule has 0 aromatic carbocycles. The molecule has 1 unspecified atom stereocenters. The molecule has 1 fully saturated rings. The highest BCUT2D eigenvalue weighted by molar-refractivity contribution is 5.84. The van der Waals surface area contributed by atoms with Gasteiger partial charge in [-0.3, -0.25) is 9.58 Å². The second-order valence-corrected chi connectivity index (χ2v) is 5.84. The van der Waals surface area contributed by atoms with Crippen LogP contribution >= 0.6 is 0 Å². The molecule has 2 N–H and O–H groups in total. The monoisotopic (exact) mass is 274 g/mol. The lowest BCUT2D eigenvalue weighted by Crippen LogP contribution is -2.25. The van der Waals surface area contributed by atoms with E-state index in [0.29, 0.717) is 5.82 Å². The maximum absolute atomic E-state index is 6.01. The van der Waals surface area contributed by atoms with Crippen LogP contribution < -0.4 is 5.73 Å². The molecule has 0 aliphatic carbocycles. The Labute approximate surface area is 119 Å². The zero-order chi connectivity index (χ0) is 14.1. The van der Waals surface area contributed by atoms with Gasteiger partial charge in [-0.05, 0) is 38.3 Å². The Bertz CT molecular complexity index is 605. The summed E-state index contributed by atoms with van der Waals surface area (Å²) in [5.41, 5.74) is 6.82. The first kappa shape index (κ1) is 13.3. The number of nitrogen functional groups attached to an aromatic ring is 1. The Morgan fingerprint density at radius 2 is 2.15 bits per heavy atom. The van der Waals surface area contributed by atoms with Crippen LogP contribution in [0.15, 0.2) is 6.20 Å². The van der Waals surface area contributed by atoms with Crippen LogP contribution in [0.25, 0.3) is 11.0 Å². The smallest absolute Gasteiger partial charge is 0.163 e. The Balaban J connectivity index is 1.81. The Hall–Kier alpha value is -1.69. The topological polar surface area (TPSA) is 72.9 Å². The van der Waals surface area contributed by atoms with Gasteiger partial charge in [0.2, 0.25) is 0 Å². The number of fused-ring (bicyclic) bond motifs is 1. The van der Waals surface area contributed by atoms with E-state index in [9.17, 15) is 0 Å². The second-order valence-electron chi connectivity index (χ2n) is 5.84. The van der Waals surface area contributed by atoms with Gasteiger partial charge in [-0.2, -0.15) is 5.10 Å². The maximum Gasteiger partial charge on any atom is 0.163 e. The quantitative estimate of drug-likeness (QED) is 0.900. The van der Waals surface area contributed by atoms with Crippen molar-refractivity contribution in [2.75, 3.05) is 18.8 Å². The van der Waals surface area contributed by atoms with Crippen molar-refractivity contribution in [2.45, 2.75) is 32.7 Å². The second kappa shape index (κ2) is 5.36. The van der Waals surface area contributed by atoms with Crippen LogP contribution in [0.4, 0.5) is 5.82 Å². The number of anilines is 1. The van der Waals surface area contributed by atoms with E-state index in [-0.39, 0.29) is 0 Å². The molecule has 1 aliphatic rings. The molecule has 3 heterocycles. The number of nitrogens with zero attached hydrogens (tertiary/aromatic N) is 5. The Morgan fingerprint density at radius 1 is 1.30 bits per heavy atom. The van der Waals surface area contributed by atoms with E-state index < -0.39 is 0 Å². The summed E-state index contributed by atoms with van der Waals surface area (Å²) in [7, 11) is 1.88. The molecule has 1 saturated heterocycles. The van der Waals surface area contributed by atoms with E-state index >= 15 is 0 Å². The van der Waals surface area contributed by atoms with E-state index in [4.69, 9.17) is 5.73 Å². The number of hydrogen-bond donors (Lipinski definition) is 1. The number of aryl methyl sites for hydroxylation is 1. The lowest BCUT2D eigenvalue weighted by atomic mass is 10.0. The van der Waals surface area contributed by atoms with Crippen LogP contribution in [0.2, 0.25) is 0 Å². The molecular weight excluding hydrogens is 252 g/mol. The van der Waals surface area contributed by atoms with E-state index in [0.717, 1.165) is 42.4 Å². The summed E-state index contributed by atoms with van der Waals surface area (Å²) in [5, 5.41) is 5.02. The highest BCUT2D eigenvalue weighted by Crippen LogP contribution is 2.20. The van der Waals surface area contributed by atoms with Crippen LogP contribution in [0.5, 0.6) is 0 Å². The minimum Gasteiger partial charge on any atom is -0.383 e. The van der Waals surface area contributed by atoms with E-state index in [1.54, 1.807) is 10.9 Å². The number of aromatic nitrogens is 4. The maximum atomic E-state index is 6.01. The fourth-order valence-electron chi connectivity index (χ4n) is 2.84. The number of hydrogen-bond acceptors (Lipinski definition) is 5. The summed E-state index contributed by atoms with van der Waals surface area (Å²) >= 11 is 0. The predicted molar refractivity (Wildman–Crippen MR) is 79.0 cm³/mol. The minimum absolute atomic E-state index is 0.529. The normalized spacial score (nSPS) is 21.2. The summed E-state index contributed by atoms with van der Waals surface area (Å²) in [4.78, 5) is 11.5. The first-order valence-corrected chi connectivity index (χ1v) is 7.30. The SMILES string of the molecule is CC1CCCN(Cc2nc(N)c3cnn(C)c3n2)CC1. The van der Waals surface area contributed by atoms with Crippen molar-refractivity contribution in [2.24, 2.45) is 13.0 Å². The van der Waals surface area contributed by atoms with Crippen LogP contribution in [-0.4, -0.2) is 37.7 Å². The van der Waals surface area contributed by atoms with Crippen molar-refractivity contribution >= 4 is 16.9 Å². The Kier molecular flexibility index (Phi) is 3.56. The zero-order valence-corrected chi connectivity index (χ0v) is 12.2. The van der Waals surface area contributed by atoms with Crippen molar-refractivity contribution < 1.29 is 0 Å². The average molecular weight is 274 g/mol. The molecule has 2 aromatic rings. The molecule has 6 heteroatoms. The first-order chi connectivity index (χ1) is 9.63. The van der Waals surface area contributed by atoms with Gasteiger partial charge < -0.3 is 5.73 Å². The van der Waals surface area contributed by atoms with Crippen LogP contribution in [0, 0.1) is 5.92 Å². The average Bonchev–Trinajstić information content (AvgIpc) is 2.65. The lowest BCUT2D eigenvalue weighted by Gasteiger charge is -2.19. The molecule has 1 atom stereocenters. The third kappa shape index (κ3) is 2.60. The highest BCUT2D eigenvalue weighted by Gasteiger charge is 2.16. The van der Waals surface area contributed by atoms with Gasteiger partial charge in [0.25, 0.3) is 0 Å². The number of rotatable bonds is 2. The summed E-state index contributed by atoms with van der Waals surface area (Å²) in [5.74, 6) is 2.15. The van der Waals surface area contributed by atoms with Gasteiger partial charge in [0.15, 0.2) is 5.65 Å². The Morgan fingerprint density at radius 3 is 3.00 bits per heavy atom. The van der Waals surface area contributed by atoms with Gasteiger partial charge in [-0.15, -0.1) is 0 Å². The summed E-state index contributed by atoms with van der Waals surface area (Å²) < 4.78 is 1.75. The van der Waals surface area contributed by atoms with Gasteiger partial charge in [-0.25, -0.2) is 9.97 Å². The third-order valence-corrected chi connectivity index (χ3v) is 4.14. The van der Waals surface area contributed by atoms with Gasteiger partial charge in [0, 0.05) is 7.05 Å². The summed E-state index contributed by atoms with van der Waals surface area (Å²) in [6, 6.07) is 0. The minimum atomic E-state index is 0.529. The molecule has 20 heavy (non-hydrogen) atoms. The van der Waals surface area contributed by atoms with Crippen molar-refractivity contribution in [3.8, 4) is 0 Å². The van der Waals surface area contributed by atoms with Crippen molar-refractivity contribution in [3.05, 3.63) is 12.0 Å². The van der Waals surface area contributed by atoms with Gasteiger partial charge >= 0.3 is 0 Å². The third-order valence-electron chi connectivity index (χ3n) is 4.14. The molecule has 0 bridgehead atoms. The molecule has 0 radical (unpaired) electrons. The molecule has 0 spiro atoms. The molecular formula is C14H22N6. The van der Waals surface area contributed by atoms with Gasteiger partial charge in [0.05, 0.1) is 18.1 Å². The van der Waals surface area contributed by atoms with Crippen LogP contribution in [0.3, 0.4) is 0 Å². The van der Waals surface area contributed by atoms with Crippen molar-refractivity contribution in [1.82, 2.24) is 24.6 Å². The summed E-state index contributed by atoms with van der Waals surface area (Å²) in [6.45, 7) is 5.35. The molecule has 3 rings (SSSR count). The van der Waals surface area contributed by atoms with Gasteiger partial charge in [-0.1, -0.05) is 6.92 Å². The van der Waals surface area contributed by atoms with Crippen molar-refractivity contribution in [3.63, 3.8) is 0 Å². The fourth-order valence-corrected chi connectivity index (χ4v) is 2.84. The lowest BCUT2D eigenvalue weighted by molar-refractivity contribution is 0.267. The molecule has 2 aromatic heterocycles. The zero-order valence-electron chi connectivity index (χ0n) is 12.2. The van der Waals surface area contributed by atoms with Crippen molar-refractivity contribution in [1.29, 1.82) is 0 Å². The highest BCUT2D eigenvalue weighted by atomic mass is 15.3. The number of nitrogens with two attached hydrogens (primary N) is 1. The molecule has 108 valence electrons. The van der Waals surface area contributed by atoms with E-state index in [1.165, 1.54) is 19.3 Å². The standard InChI is InChI=1S/C14H22N6/c1-10-4-3-6-20(7-5-10)9-12-17-13(15)11-8-16-19(2)14(11)18-12/h8,10H,3-7,9H2,1-2H3,(H2,15,17,18). The molecule has 1 aliphatic heterocycles.